The van der Waals surface area contributed by atoms with Gasteiger partial charge in [0, 0.05) is 17.1 Å². The zero-order chi connectivity index (χ0) is 11.5. The van der Waals surface area contributed by atoms with Gasteiger partial charge in [0.1, 0.15) is 0 Å². The van der Waals surface area contributed by atoms with Gasteiger partial charge < -0.3 is 10.4 Å². The number of nitrogens with one attached hydrogen (secondary N) is 1. The third-order valence-electron chi connectivity index (χ3n) is 2.08. The summed E-state index contributed by atoms with van der Waals surface area (Å²) < 4.78 is 0. The lowest BCUT2D eigenvalue weighted by Crippen LogP contribution is -2.38. The molecule has 0 saturated carbocycles. The number of β-amino-alcohol motifs (C(OH)–C–C–N with tert-alkyl or cyclic N) is 1. The molecule has 0 spiro atoms. The Morgan fingerprint density at radius 1 is 1.27 bits per heavy atom. The van der Waals surface area contributed by atoms with Crippen LogP contribution in [0, 0.1) is 0 Å². The monoisotopic (exact) mass is 227 g/mol. The van der Waals surface area contributed by atoms with Crippen LogP contribution >= 0.6 is 11.6 Å². The standard InChI is InChI=1S/C12H18ClNO/c1-12(2,3)14-8-11(15)9-4-6-10(13)7-5-9/h4-7,11,14-15H,8H2,1-3H3. The Morgan fingerprint density at radius 2 is 1.80 bits per heavy atom. The second-order valence-electron chi connectivity index (χ2n) is 4.70. The van der Waals surface area contributed by atoms with Crippen molar-refractivity contribution in [3.05, 3.63) is 34.9 Å². The van der Waals surface area contributed by atoms with Crippen LogP contribution < -0.4 is 5.32 Å². The molecule has 0 fully saturated rings. The summed E-state index contributed by atoms with van der Waals surface area (Å²) in [7, 11) is 0. The summed E-state index contributed by atoms with van der Waals surface area (Å²) in [4.78, 5) is 0. The zero-order valence-electron chi connectivity index (χ0n) is 9.42. The Labute approximate surface area is 96.3 Å². The van der Waals surface area contributed by atoms with Gasteiger partial charge in [-0.15, -0.1) is 0 Å². The average Bonchev–Trinajstić information content (AvgIpc) is 2.14. The fourth-order valence-electron chi connectivity index (χ4n) is 1.21. The molecule has 0 amide bonds. The summed E-state index contributed by atoms with van der Waals surface area (Å²) in [6.07, 6.45) is -0.485. The highest BCUT2D eigenvalue weighted by Crippen LogP contribution is 2.16. The topological polar surface area (TPSA) is 32.3 Å². The first-order valence-corrected chi connectivity index (χ1v) is 5.45. The van der Waals surface area contributed by atoms with E-state index < -0.39 is 6.10 Å². The van der Waals surface area contributed by atoms with E-state index in [2.05, 4.69) is 26.1 Å². The lowest BCUT2D eigenvalue weighted by Gasteiger charge is -2.23. The molecule has 0 aromatic heterocycles. The van der Waals surface area contributed by atoms with Crippen molar-refractivity contribution in [2.75, 3.05) is 6.54 Å². The molecule has 1 aromatic rings. The van der Waals surface area contributed by atoms with E-state index in [0.29, 0.717) is 11.6 Å². The summed E-state index contributed by atoms with van der Waals surface area (Å²) in [5, 5.41) is 13.8. The van der Waals surface area contributed by atoms with E-state index in [9.17, 15) is 5.11 Å². The molecule has 0 bridgehead atoms. The van der Waals surface area contributed by atoms with Gasteiger partial charge in [-0.2, -0.15) is 0 Å². The van der Waals surface area contributed by atoms with Crippen LogP contribution in [0.3, 0.4) is 0 Å². The van der Waals surface area contributed by atoms with Crippen LogP contribution in [0.2, 0.25) is 5.02 Å². The SMILES string of the molecule is CC(C)(C)NCC(O)c1ccc(Cl)cc1. The molecular weight excluding hydrogens is 210 g/mol. The summed E-state index contributed by atoms with van der Waals surface area (Å²) in [5.74, 6) is 0. The second-order valence-corrected chi connectivity index (χ2v) is 5.13. The lowest BCUT2D eigenvalue weighted by atomic mass is 10.1. The van der Waals surface area contributed by atoms with Crippen LogP contribution in [0.1, 0.15) is 32.4 Å². The van der Waals surface area contributed by atoms with Gasteiger partial charge in [0.05, 0.1) is 6.10 Å². The first-order chi connectivity index (χ1) is 6.88. The fraction of sp³-hybridized carbons (Fsp3) is 0.500. The number of halogens is 1. The molecule has 0 saturated heterocycles. The molecule has 1 aromatic carbocycles. The number of hydrogen-bond acceptors (Lipinski definition) is 2. The van der Waals surface area contributed by atoms with Gasteiger partial charge >= 0.3 is 0 Å². The maximum atomic E-state index is 9.87. The third-order valence-corrected chi connectivity index (χ3v) is 2.33. The van der Waals surface area contributed by atoms with Gasteiger partial charge in [-0.05, 0) is 38.5 Å². The quantitative estimate of drug-likeness (QED) is 0.833. The predicted octanol–water partition coefficient (Wildman–Crippen LogP) is 2.76. The van der Waals surface area contributed by atoms with E-state index in [0.717, 1.165) is 5.56 Å². The average molecular weight is 228 g/mol. The van der Waals surface area contributed by atoms with Crippen molar-refractivity contribution in [2.24, 2.45) is 0 Å². The molecule has 84 valence electrons. The van der Waals surface area contributed by atoms with Gasteiger partial charge in [-0.25, -0.2) is 0 Å². The summed E-state index contributed by atoms with van der Waals surface area (Å²) in [5.41, 5.74) is 0.907. The van der Waals surface area contributed by atoms with Crippen LogP contribution in [0.15, 0.2) is 24.3 Å². The van der Waals surface area contributed by atoms with Gasteiger partial charge in [0.25, 0.3) is 0 Å². The maximum Gasteiger partial charge on any atom is 0.0914 e. The largest absolute Gasteiger partial charge is 0.387 e. The Morgan fingerprint density at radius 3 is 2.27 bits per heavy atom. The van der Waals surface area contributed by atoms with Crippen LogP contribution in [0.5, 0.6) is 0 Å². The van der Waals surface area contributed by atoms with Crippen molar-refractivity contribution in [1.82, 2.24) is 5.32 Å². The highest BCUT2D eigenvalue weighted by molar-refractivity contribution is 6.30. The van der Waals surface area contributed by atoms with E-state index in [1.807, 2.05) is 12.1 Å². The first-order valence-electron chi connectivity index (χ1n) is 5.07. The molecular formula is C12H18ClNO. The summed E-state index contributed by atoms with van der Waals surface area (Å²) in [6, 6.07) is 7.27. The van der Waals surface area contributed by atoms with Gasteiger partial charge in [-0.3, -0.25) is 0 Å². The van der Waals surface area contributed by atoms with Gasteiger partial charge in [0.15, 0.2) is 0 Å². The molecule has 2 nitrogen and oxygen atoms in total. The number of hydrogen-bond donors (Lipinski definition) is 2. The summed E-state index contributed by atoms with van der Waals surface area (Å²) >= 11 is 5.77. The Kier molecular flexibility index (Phi) is 4.14. The van der Waals surface area contributed by atoms with Crippen molar-refractivity contribution in [1.29, 1.82) is 0 Å². The smallest absolute Gasteiger partial charge is 0.0914 e. The van der Waals surface area contributed by atoms with E-state index >= 15 is 0 Å². The molecule has 0 heterocycles. The minimum absolute atomic E-state index is 0.0212. The van der Waals surface area contributed by atoms with E-state index in [-0.39, 0.29) is 5.54 Å². The van der Waals surface area contributed by atoms with E-state index in [1.165, 1.54) is 0 Å². The van der Waals surface area contributed by atoms with Crippen LogP contribution in [0.25, 0.3) is 0 Å². The number of benzene rings is 1. The molecule has 1 rings (SSSR count). The Balaban J connectivity index is 2.54. The Bertz CT molecular complexity index is 302. The van der Waals surface area contributed by atoms with Crippen LogP contribution in [-0.2, 0) is 0 Å². The predicted molar refractivity (Wildman–Crippen MR) is 64.2 cm³/mol. The van der Waals surface area contributed by atoms with Crippen LogP contribution in [-0.4, -0.2) is 17.2 Å². The van der Waals surface area contributed by atoms with E-state index in [4.69, 9.17) is 11.6 Å². The zero-order valence-corrected chi connectivity index (χ0v) is 10.2. The minimum Gasteiger partial charge on any atom is -0.387 e. The first kappa shape index (κ1) is 12.5. The molecule has 1 atom stereocenters. The minimum atomic E-state index is -0.485. The lowest BCUT2D eigenvalue weighted by molar-refractivity contribution is 0.163. The van der Waals surface area contributed by atoms with Crippen molar-refractivity contribution < 1.29 is 5.11 Å². The fourth-order valence-corrected chi connectivity index (χ4v) is 1.33. The van der Waals surface area contributed by atoms with Crippen LogP contribution in [0.4, 0.5) is 0 Å². The summed E-state index contributed by atoms with van der Waals surface area (Å²) in [6.45, 7) is 6.76. The highest BCUT2D eigenvalue weighted by atomic mass is 35.5. The van der Waals surface area contributed by atoms with Gasteiger partial charge in [-0.1, -0.05) is 23.7 Å². The third kappa shape index (κ3) is 4.65. The molecule has 0 aliphatic heterocycles. The van der Waals surface area contributed by atoms with Crippen molar-refractivity contribution >= 4 is 11.6 Å². The molecule has 2 N–H and O–H groups in total. The van der Waals surface area contributed by atoms with Gasteiger partial charge in [0.2, 0.25) is 0 Å². The normalized spacial score (nSPS) is 13.9. The maximum absolute atomic E-state index is 9.87. The molecule has 15 heavy (non-hydrogen) atoms. The van der Waals surface area contributed by atoms with Crippen molar-refractivity contribution in [3.8, 4) is 0 Å². The Hall–Kier alpha value is -0.570. The number of aliphatic hydroxyl groups is 1. The highest BCUT2D eigenvalue weighted by Gasteiger charge is 2.13. The van der Waals surface area contributed by atoms with Crippen molar-refractivity contribution in [2.45, 2.75) is 32.4 Å². The number of rotatable bonds is 3. The molecule has 1 unspecified atom stereocenters. The van der Waals surface area contributed by atoms with E-state index in [1.54, 1.807) is 12.1 Å². The molecule has 0 aliphatic carbocycles. The second kappa shape index (κ2) is 4.97. The van der Waals surface area contributed by atoms with Crippen molar-refractivity contribution in [3.63, 3.8) is 0 Å². The molecule has 0 aliphatic rings. The molecule has 3 heteroatoms. The molecule has 0 radical (unpaired) electrons. The number of aliphatic hydroxyl groups excluding tert-OH is 1.